The van der Waals surface area contributed by atoms with E-state index in [0.717, 1.165) is 22.4 Å². The van der Waals surface area contributed by atoms with E-state index in [1.54, 1.807) is 6.07 Å². The summed E-state index contributed by atoms with van der Waals surface area (Å²) in [6.07, 6.45) is 0.312. The molecule has 1 unspecified atom stereocenters. The van der Waals surface area contributed by atoms with Crippen molar-refractivity contribution < 1.29 is 14.6 Å². The molecule has 1 aliphatic rings. The first-order valence-corrected chi connectivity index (χ1v) is 6.80. The van der Waals surface area contributed by atoms with E-state index < -0.39 is 5.97 Å². The summed E-state index contributed by atoms with van der Waals surface area (Å²) in [6.45, 7) is 0. The molecular formula is C16H13ClO3. The highest BCUT2D eigenvalue weighted by Crippen LogP contribution is 2.44. The number of carbonyl (C=O) groups is 1. The zero-order valence-electron chi connectivity index (χ0n) is 10.7. The Labute approximate surface area is 121 Å². The fraction of sp³-hybridized carbons (Fsp3) is 0.188. The van der Waals surface area contributed by atoms with Crippen LogP contribution in [0.15, 0.2) is 42.5 Å². The van der Waals surface area contributed by atoms with E-state index in [1.807, 2.05) is 36.4 Å². The highest BCUT2D eigenvalue weighted by molar-refractivity contribution is 6.31. The maximum Gasteiger partial charge on any atom is 0.303 e. The summed E-state index contributed by atoms with van der Waals surface area (Å²) in [4.78, 5) is 10.8. The summed E-state index contributed by atoms with van der Waals surface area (Å²) in [5, 5.41) is 9.51. The molecule has 3 nitrogen and oxygen atoms in total. The lowest BCUT2D eigenvalue weighted by Crippen LogP contribution is -2.15. The summed E-state index contributed by atoms with van der Waals surface area (Å²) in [7, 11) is 0. The minimum absolute atomic E-state index is 0.0852. The van der Waals surface area contributed by atoms with Crippen LogP contribution in [0.5, 0.6) is 5.75 Å². The molecule has 0 fully saturated rings. The van der Waals surface area contributed by atoms with Crippen molar-refractivity contribution in [3.8, 4) is 16.9 Å². The van der Waals surface area contributed by atoms with Crippen molar-refractivity contribution in [3.63, 3.8) is 0 Å². The van der Waals surface area contributed by atoms with Gasteiger partial charge in [-0.3, -0.25) is 4.79 Å². The Morgan fingerprint density at radius 1 is 1.20 bits per heavy atom. The number of hydrogen-bond acceptors (Lipinski definition) is 2. The van der Waals surface area contributed by atoms with E-state index in [0.29, 0.717) is 11.4 Å². The van der Waals surface area contributed by atoms with Crippen molar-refractivity contribution in [2.75, 3.05) is 0 Å². The molecule has 20 heavy (non-hydrogen) atoms. The van der Waals surface area contributed by atoms with Crippen LogP contribution in [0.1, 0.15) is 24.5 Å². The predicted molar refractivity (Wildman–Crippen MR) is 77.1 cm³/mol. The molecule has 0 aliphatic carbocycles. The Balaban J connectivity index is 2.03. The lowest BCUT2D eigenvalue weighted by atomic mass is 9.91. The zero-order chi connectivity index (χ0) is 14.1. The van der Waals surface area contributed by atoms with E-state index in [4.69, 9.17) is 21.4 Å². The lowest BCUT2D eigenvalue weighted by molar-refractivity contribution is -0.137. The van der Waals surface area contributed by atoms with Crippen molar-refractivity contribution in [2.45, 2.75) is 18.9 Å². The Kier molecular flexibility index (Phi) is 3.36. The maximum atomic E-state index is 10.8. The molecule has 0 saturated heterocycles. The Hall–Kier alpha value is -2.00. The second-order valence-electron chi connectivity index (χ2n) is 4.77. The lowest BCUT2D eigenvalue weighted by Gasteiger charge is -2.28. The molecule has 1 heterocycles. The molecule has 0 bridgehead atoms. The number of ether oxygens (including phenoxy) is 1. The number of rotatable bonds is 3. The summed E-state index contributed by atoms with van der Waals surface area (Å²) in [6, 6.07) is 13.4. The summed E-state index contributed by atoms with van der Waals surface area (Å²) >= 11 is 6.05. The minimum atomic E-state index is -0.812. The van der Waals surface area contributed by atoms with Gasteiger partial charge in [0.05, 0.1) is 0 Å². The number of benzene rings is 2. The highest BCUT2D eigenvalue weighted by Gasteiger charge is 2.26. The molecule has 4 heteroatoms. The number of fused-ring (bicyclic) bond motifs is 3. The first-order valence-electron chi connectivity index (χ1n) is 6.42. The quantitative estimate of drug-likeness (QED) is 0.915. The van der Waals surface area contributed by atoms with Gasteiger partial charge >= 0.3 is 5.97 Å². The molecule has 0 spiro atoms. The minimum Gasteiger partial charge on any atom is -0.485 e. The average Bonchev–Trinajstić information content (AvgIpc) is 2.45. The van der Waals surface area contributed by atoms with Gasteiger partial charge in [0.15, 0.2) is 0 Å². The molecule has 0 aromatic heterocycles. The van der Waals surface area contributed by atoms with Crippen LogP contribution in [-0.2, 0) is 4.79 Å². The van der Waals surface area contributed by atoms with Crippen LogP contribution in [0.3, 0.4) is 0 Å². The number of carboxylic acids is 1. The second kappa shape index (κ2) is 5.17. The zero-order valence-corrected chi connectivity index (χ0v) is 11.4. The van der Waals surface area contributed by atoms with Gasteiger partial charge in [-0.2, -0.15) is 0 Å². The normalized spacial score (nSPS) is 15.9. The topological polar surface area (TPSA) is 46.5 Å². The van der Waals surface area contributed by atoms with Gasteiger partial charge in [-0.15, -0.1) is 0 Å². The van der Waals surface area contributed by atoms with Gasteiger partial charge < -0.3 is 9.84 Å². The van der Waals surface area contributed by atoms with E-state index in [-0.39, 0.29) is 12.5 Å². The monoisotopic (exact) mass is 288 g/mol. The van der Waals surface area contributed by atoms with Gasteiger partial charge in [0, 0.05) is 22.6 Å². The first-order chi connectivity index (χ1) is 9.65. The highest BCUT2D eigenvalue weighted by atomic mass is 35.5. The third-order valence-electron chi connectivity index (χ3n) is 3.43. The van der Waals surface area contributed by atoms with Crippen LogP contribution in [0.25, 0.3) is 11.1 Å². The van der Waals surface area contributed by atoms with Crippen LogP contribution in [0, 0.1) is 0 Å². The fourth-order valence-corrected chi connectivity index (χ4v) is 2.70. The molecule has 1 aliphatic heterocycles. The number of aliphatic carboxylic acids is 1. The summed E-state index contributed by atoms with van der Waals surface area (Å²) < 4.78 is 5.94. The van der Waals surface area contributed by atoms with Gasteiger partial charge in [0.25, 0.3) is 0 Å². The van der Waals surface area contributed by atoms with Crippen molar-refractivity contribution in [1.82, 2.24) is 0 Å². The maximum absolute atomic E-state index is 10.8. The Morgan fingerprint density at radius 3 is 2.80 bits per heavy atom. The van der Waals surface area contributed by atoms with Crippen molar-refractivity contribution in [1.29, 1.82) is 0 Å². The van der Waals surface area contributed by atoms with Crippen LogP contribution >= 0.6 is 11.6 Å². The molecule has 3 rings (SSSR count). The largest absolute Gasteiger partial charge is 0.485 e. The molecule has 1 N–H and O–H groups in total. The number of halogens is 1. The van der Waals surface area contributed by atoms with Gasteiger partial charge in [0.1, 0.15) is 11.9 Å². The molecular weight excluding hydrogens is 276 g/mol. The van der Waals surface area contributed by atoms with Crippen LogP contribution in [0.4, 0.5) is 0 Å². The van der Waals surface area contributed by atoms with Crippen molar-refractivity contribution in [2.24, 2.45) is 0 Å². The Morgan fingerprint density at radius 2 is 2.00 bits per heavy atom. The van der Waals surface area contributed by atoms with Crippen LogP contribution in [-0.4, -0.2) is 11.1 Å². The van der Waals surface area contributed by atoms with E-state index in [9.17, 15) is 4.79 Å². The SMILES string of the molecule is O=C(O)CCC1Oc2ccc(Cl)cc2-c2ccccc21. The summed E-state index contributed by atoms with van der Waals surface area (Å²) in [5.74, 6) is -0.0588. The van der Waals surface area contributed by atoms with Gasteiger partial charge in [-0.25, -0.2) is 0 Å². The van der Waals surface area contributed by atoms with Crippen LogP contribution < -0.4 is 4.74 Å². The van der Waals surface area contributed by atoms with E-state index in [1.165, 1.54) is 0 Å². The standard InChI is InChI=1S/C16H13ClO3/c17-10-5-6-15-13(9-10)11-3-1-2-4-12(11)14(20-15)7-8-16(18)19/h1-6,9,14H,7-8H2,(H,18,19). The third-order valence-corrected chi connectivity index (χ3v) is 3.66. The molecule has 2 aromatic carbocycles. The van der Waals surface area contributed by atoms with Gasteiger partial charge in [0.2, 0.25) is 0 Å². The predicted octanol–water partition coefficient (Wildman–Crippen LogP) is 4.31. The van der Waals surface area contributed by atoms with E-state index >= 15 is 0 Å². The second-order valence-corrected chi connectivity index (χ2v) is 5.20. The number of carboxylic acid groups (broad SMARTS) is 1. The van der Waals surface area contributed by atoms with Gasteiger partial charge in [-0.1, -0.05) is 35.9 Å². The first kappa shape index (κ1) is 13.0. The smallest absolute Gasteiger partial charge is 0.303 e. The Bertz CT molecular complexity index is 667. The molecule has 102 valence electrons. The van der Waals surface area contributed by atoms with Crippen LogP contribution in [0.2, 0.25) is 5.02 Å². The summed E-state index contributed by atoms with van der Waals surface area (Å²) in [5.41, 5.74) is 3.04. The van der Waals surface area contributed by atoms with Gasteiger partial charge in [-0.05, 0) is 30.2 Å². The average molecular weight is 289 g/mol. The third kappa shape index (κ3) is 2.37. The van der Waals surface area contributed by atoms with E-state index in [2.05, 4.69) is 0 Å². The molecule has 1 atom stereocenters. The van der Waals surface area contributed by atoms with Crippen molar-refractivity contribution in [3.05, 3.63) is 53.1 Å². The molecule has 0 amide bonds. The molecule has 2 aromatic rings. The number of hydrogen-bond donors (Lipinski definition) is 1. The fourth-order valence-electron chi connectivity index (χ4n) is 2.52. The van der Waals surface area contributed by atoms with Crippen molar-refractivity contribution >= 4 is 17.6 Å². The molecule has 0 radical (unpaired) electrons. The molecule has 0 saturated carbocycles.